The second kappa shape index (κ2) is 9.34. The molecular formula is C19H23N7OS. The van der Waals surface area contributed by atoms with Crippen LogP contribution in [0.4, 0.5) is 11.9 Å². The van der Waals surface area contributed by atoms with Gasteiger partial charge in [0.15, 0.2) is 5.82 Å². The van der Waals surface area contributed by atoms with Crippen LogP contribution in [0.2, 0.25) is 0 Å². The van der Waals surface area contributed by atoms with Crippen molar-refractivity contribution in [2.24, 2.45) is 5.10 Å². The number of nitrogens with one attached hydrogen (secondary N) is 1. The van der Waals surface area contributed by atoms with E-state index in [9.17, 15) is 0 Å². The number of ether oxygens (including phenoxy) is 1. The van der Waals surface area contributed by atoms with Gasteiger partial charge in [-0.15, -0.1) is 11.3 Å². The minimum absolute atomic E-state index is 0.377. The summed E-state index contributed by atoms with van der Waals surface area (Å²) in [5.41, 5.74) is 5.04. The van der Waals surface area contributed by atoms with Crippen LogP contribution in [0.15, 0.2) is 35.7 Å². The highest BCUT2D eigenvalue weighted by Crippen LogP contribution is 2.20. The van der Waals surface area contributed by atoms with Crippen LogP contribution in [0.25, 0.3) is 11.4 Å². The normalized spacial score (nSPS) is 11.1. The molecule has 3 aromatic rings. The predicted molar refractivity (Wildman–Crippen MR) is 113 cm³/mol. The summed E-state index contributed by atoms with van der Waals surface area (Å²) in [5, 5.41) is 4.29. The molecule has 0 saturated carbocycles. The first-order chi connectivity index (χ1) is 13.6. The highest BCUT2D eigenvalue weighted by molar-refractivity contribution is 7.13. The smallest absolute Gasteiger partial charge is 0.248 e. The van der Waals surface area contributed by atoms with Crippen molar-refractivity contribution in [2.75, 3.05) is 37.6 Å². The molecule has 1 N–H and O–H groups in total. The highest BCUT2D eigenvalue weighted by atomic mass is 32.1. The Kier molecular flexibility index (Phi) is 6.62. The van der Waals surface area contributed by atoms with E-state index in [1.165, 1.54) is 10.4 Å². The Balaban J connectivity index is 1.86. The fourth-order valence-electron chi connectivity index (χ4n) is 2.36. The fourth-order valence-corrected chi connectivity index (χ4v) is 3.28. The SMILES string of the molecule is COCCN(C)c1nc(N/N=C/c2cc(C)c(C)s2)nc(-c2ccncc2)n1. The first kappa shape index (κ1) is 19.8. The first-order valence-corrected chi connectivity index (χ1v) is 9.61. The van der Waals surface area contributed by atoms with E-state index in [2.05, 4.69) is 50.4 Å². The molecule has 8 nitrogen and oxygen atoms in total. The second-order valence-corrected chi connectivity index (χ2v) is 7.48. The molecular weight excluding hydrogens is 374 g/mol. The maximum atomic E-state index is 5.15. The fraction of sp³-hybridized carbons (Fsp3) is 0.316. The summed E-state index contributed by atoms with van der Waals surface area (Å²) >= 11 is 1.70. The number of hydrogen-bond donors (Lipinski definition) is 1. The largest absolute Gasteiger partial charge is 0.383 e. The van der Waals surface area contributed by atoms with E-state index in [0.717, 1.165) is 10.4 Å². The van der Waals surface area contributed by atoms with Crippen LogP contribution < -0.4 is 10.3 Å². The number of pyridine rings is 1. The molecule has 0 amide bonds. The number of hydrazone groups is 1. The molecule has 0 aliphatic carbocycles. The number of aromatic nitrogens is 4. The maximum absolute atomic E-state index is 5.15. The zero-order valence-electron chi connectivity index (χ0n) is 16.4. The topological polar surface area (TPSA) is 88.4 Å². The van der Waals surface area contributed by atoms with E-state index < -0.39 is 0 Å². The molecule has 0 atom stereocenters. The molecule has 3 rings (SSSR count). The average molecular weight is 398 g/mol. The first-order valence-electron chi connectivity index (χ1n) is 8.79. The molecule has 9 heteroatoms. The lowest BCUT2D eigenvalue weighted by molar-refractivity contribution is 0.206. The van der Waals surface area contributed by atoms with Gasteiger partial charge in [0.25, 0.3) is 0 Å². The summed E-state index contributed by atoms with van der Waals surface area (Å²) in [6.45, 7) is 5.42. The number of rotatable bonds is 8. The van der Waals surface area contributed by atoms with Gasteiger partial charge in [-0.05, 0) is 37.6 Å². The lowest BCUT2D eigenvalue weighted by Crippen LogP contribution is -2.25. The van der Waals surface area contributed by atoms with Gasteiger partial charge in [0, 0.05) is 48.4 Å². The molecule has 0 fully saturated rings. The van der Waals surface area contributed by atoms with Gasteiger partial charge in [0.2, 0.25) is 11.9 Å². The molecule has 28 heavy (non-hydrogen) atoms. The Morgan fingerprint density at radius 2 is 2.00 bits per heavy atom. The maximum Gasteiger partial charge on any atom is 0.248 e. The van der Waals surface area contributed by atoms with Crippen molar-refractivity contribution in [1.29, 1.82) is 0 Å². The van der Waals surface area contributed by atoms with Gasteiger partial charge >= 0.3 is 0 Å². The average Bonchev–Trinajstić information content (AvgIpc) is 3.04. The van der Waals surface area contributed by atoms with Crippen LogP contribution in [0, 0.1) is 13.8 Å². The number of likely N-dealkylation sites (N-methyl/N-ethyl adjacent to an activating group) is 1. The number of hydrogen-bond acceptors (Lipinski definition) is 9. The molecule has 0 aliphatic rings. The Morgan fingerprint density at radius 1 is 1.21 bits per heavy atom. The molecule has 0 aromatic carbocycles. The number of nitrogens with zero attached hydrogens (tertiary/aromatic N) is 6. The van der Waals surface area contributed by atoms with Crippen LogP contribution >= 0.6 is 11.3 Å². The lowest BCUT2D eigenvalue weighted by atomic mass is 10.2. The quantitative estimate of drug-likeness (QED) is 0.461. The Hall–Kier alpha value is -2.91. The monoisotopic (exact) mass is 397 g/mol. The summed E-state index contributed by atoms with van der Waals surface area (Å²) in [7, 11) is 3.58. The minimum Gasteiger partial charge on any atom is -0.383 e. The van der Waals surface area contributed by atoms with Crippen LogP contribution in [-0.4, -0.2) is 53.5 Å². The van der Waals surface area contributed by atoms with Crippen LogP contribution in [-0.2, 0) is 4.74 Å². The van der Waals surface area contributed by atoms with Crippen molar-refractivity contribution >= 4 is 29.4 Å². The Labute approximate surface area is 168 Å². The van der Waals surface area contributed by atoms with E-state index in [1.54, 1.807) is 37.1 Å². The summed E-state index contributed by atoms with van der Waals surface area (Å²) in [4.78, 5) is 21.9. The Bertz CT molecular complexity index is 923. The predicted octanol–water partition coefficient (Wildman–Crippen LogP) is 3.14. The van der Waals surface area contributed by atoms with Crippen molar-refractivity contribution < 1.29 is 4.74 Å². The van der Waals surface area contributed by atoms with Crippen molar-refractivity contribution in [3.8, 4) is 11.4 Å². The third-order valence-electron chi connectivity index (χ3n) is 4.08. The van der Waals surface area contributed by atoms with Crippen LogP contribution in [0.5, 0.6) is 0 Å². The molecule has 146 valence electrons. The van der Waals surface area contributed by atoms with Crippen molar-refractivity contribution in [2.45, 2.75) is 13.8 Å². The molecule has 3 heterocycles. The summed E-state index contributed by atoms with van der Waals surface area (Å²) in [5.74, 6) is 1.47. The van der Waals surface area contributed by atoms with Crippen molar-refractivity contribution in [3.63, 3.8) is 0 Å². The van der Waals surface area contributed by atoms with E-state index in [1.807, 2.05) is 24.1 Å². The third-order valence-corrected chi connectivity index (χ3v) is 5.16. The third kappa shape index (κ3) is 5.08. The number of thiophene rings is 1. The number of aryl methyl sites for hydroxylation is 2. The lowest BCUT2D eigenvalue weighted by Gasteiger charge is -2.17. The van der Waals surface area contributed by atoms with Gasteiger partial charge in [0.05, 0.1) is 12.8 Å². The number of methoxy groups -OCH3 is 1. The van der Waals surface area contributed by atoms with E-state index in [4.69, 9.17) is 4.74 Å². The number of anilines is 2. The van der Waals surface area contributed by atoms with E-state index in [-0.39, 0.29) is 0 Å². The standard InChI is InChI=1S/C19H23N7OS/c1-13-11-16(28-14(13)2)12-21-25-18-22-17(15-5-7-20-8-6-15)23-19(24-18)26(3)9-10-27-4/h5-8,11-12H,9-10H2,1-4H3,(H,22,23,24,25)/b21-12+. The Morgan fingerprint density at radius 3 is 2.68 bits per heavy atom. The van der Waals surface area contributed by atoms with E-state index >= 15 is 0 Å². The minimum atomic E-state index is 0.377. The molecule has 0 unspecified atom stereocenters. The molecule has 0 aliphatic heterocycles. The molecule has 0 bridgehead atoms. The molecule has 3 aromatic heterocycles. The van der Waals surface area contributed by atoms with Gasteiger partial charge in [0.1, 0.15) is 0 Å². The summed E-state index contributed by atoms with van der Waals surface area (Å²) in [6, 6.07) is 5.82. The van der Waals surface area contributed by atoms with Crippen LogP contribution in [0.3, 0.4) is 0 Å². The van der Waals surface area contributed by atoms with Crippen molar-refractivity contribution in [3.05, 3.63) is 45.9 Å². The zero-order valence-corrected chi connectivity index (χ0v) is 17.2. The van der Waals surface area contributed by atoms with Gasteiger partial charge in [-0.2, -0.15) is 20.1 Å². The molecule has 0 spiro atoms. The van der Waals surface area contributed by atoms with Gasteiger partial charge in [-0.3, -0.25) is 4.98 Å². The zero-order chi connectivity index (χ0) is 19.9. The van der Waals surface area contributed by atoms with Gasteiger partial charge < -0.3 is 9.64 Å². The van der Waals surface area contributed by atoms with Crippen molar-refractivity contribution in [1.82, 2.24) is 19.9 Å². The van der Waals surface area contributed by atoms with Gasteiger partial charge in [-0.1, -0.05) is 0 Å². The van der Waals surface area contributed by atoms with E-state index in [0.29, 0.717) is 30.9 Å². The molecule has 0 saturated heterocycles. The van der Waals surface area contributed by atoms with Gasteiger partial charge in [-0.25, -0.2) is 5.43 Å². The highest BCUT2D eigenvalue weighted by Gasteiger charge is 2.12. The summed E-state index contributed by atoms with van der Waals surface area (Å²) in [6.07, 6.45) is 5.19. The van der Waals surface area contributed by atoms with Crippen LogP contribution in [0.1, 0.15) is 15.3 Å². The molecule has 0 radical (unpaired) electrons. The summed E-state index contributed by atoms with van der Waals surface area (Å²) < 4.78 is 5.15. The second-order valence-electron chi connectivity index (χ2n) is 6.19.